The fraction of sp³-hybridized carbons (Fsp3) is 0.459. The highest BCUT2D eigenvalue weighted by Crippen LogP contribution is 2.40. The van der Waals surface area contributed by atoms with E-state index in [4.69, 9.17) is 9.47 Å². The van der Waals surface area contributed by atoms with Crippen molar-refractivity contribution < 1.29 is 52.1 Å². The number of benzene rings is 2. The zero-order chi connectivity index (χ0) is 40.4. The minimum atomic E-state index is -3.49. The lowest BCUT2D eigenvalue weighted by Crippen LogP contribution is -2.57. The number of aliphatic hydroxyl groups excluding tert-OH is 1. The Labute approximate surface area is 319 Å². The third-order valence-electron chi connectivity index (χ3n) is 10.4. The van der Waals surface area contributed by atoms with E-state index in [1.54, 1.807) is 34.0 Å². The predicted molar refractivity (Wildman–Crippen MR) is 189 cm³/mol. The molecule has 298 valence electrons. The number of rotatable bonds is 14. The van der Waals surface area contributed by atoms with Crippen molar-refractivity contribution in [2.24, 2.45) is 5.92 Å². The summed E-state index contributed by atoms with van der Waals surface area (Å²) in [5.74, 6) is -8.57. The van der Waals surface area contributed by atoms with Crippen LogP contribution in [0, 0.1) is 5.92 Å². The van der Waals surface area contributed by atoms with Crippen LogP contribution in [0.4, 0.5) is 8.78 Å². The summed E-state index contributed by atoms with van der Waals surface area (Å²) in [5.41, 5.74) is 1.56. The predicted octanol–water partition coefficient (Wildman–Crippen LogP) is 0.201. The molecule has 0 bridgehead atoms. The lowest BCUT2D eigenvalue weighted by atomic mass is 9.91. The fourth-order valence-corrected chi connectivity index (χ4v) is 7.41. The van der Waals surface area contributed by atoms with Gasteiger partial charge in [0.25, 0.3) is 11.8 Å². The molecule has 56 heavy (non-hydrogen) atoms. The van der Waals surface area contributed by atoms with Gasteiger partial charge in [-0.3, -0.25) is 28.8 Å². The van der Waals surface area contributed by atoms with Gasteiger partial charge in [0.05, 0.1) is 46.7 Å². The minimum Gasteiger partial charge on any atom is -0.493 e. The number of amides is 5. The van der Waals surface area contributed by atoms with E-state index in [9.17, 15) is 42.7 Å². The van der Waals surface area contributed by atoms with E-state index in [2.05, 4.69) is 26.3 Å². The number of carbonyl (C=O) groups is 6. The van der Waals surface area contributed by atoms with Gasteiger partial charge >= 0.3 is 0 Å². The van der Waals surface area contributed by atoms with E-state index in [0.717, 1.165) is 23.6 Å². The highest BCUT2D eigenvalue weighted by Gasteiger charge is 2.59. The van der Waals surface area contributed by atoms with Gasteiger partial charge in [-0.15, -0.1) is 5.10 Å². The summed E-state index contributed by atoms with van der Waals surface area (Å²) in [6.07, 6.45) is 0.313. The van der Waals surface area contributed by atoms with E-state index < -0.39 is 72.3 Å². The van der Waals surface area contributed by atoms with Gasteiger partial charge in [-0.1, -0.05) is 29.5 Å². The Morgan fingerprint density at radius 2 is 1.80 bits per heavy atom. The molecular weight excluding hydrogens is 738 g/mol. The van der Waals surface area contributed by atoms with E-state index >= 15 is 0 Å². The lowest BCUT2D eigenvalue weighted by Gasteiger charge is -2.32. The minimum absolute atomic E-state index is 0.0473. The molecule has 1 aromatic heterocycles. The van der Waals surface area contributed by atoms with Gasteiger partial charge in [-0.25, -0.2) is 13.5 Å². The van der Waals surface area contributed by atoms with Crippen LogP contribution in [0.5, 0.6) is 11.5 Å². The number of fused-ring (bicyclic) bond motifs is 1. The maximum Gasteiger partial charge on any atom is 0.290 e. The SMILES string of the molecule is COc1ccc(CNC(=O)C(=O)[C@]2(C)CC(F)(F)CN2C(=O)CNC(=O)C2C[C@@H](CC(=O)N3Cc4cccc(Cn5cc(CO)nn5)c4C3)C(=O)N2)cc1OC. The van der Waals surface area contributed by atoms with E-state index in [0.29, 0.717) is 47.3 Å². The summed E-state index contributed by atoms with van der Waals surface area (Å²) in [5, 5.41) is 24.5. The number of hydrogen-bond acceptors (Lipinski definition) is 11. The van der Waals surface area contributed by atoms with Crippen molar-refractivity contribution >= 4 is 35.3 Å². The summed E-state index contributed by atoms with van der Waals surface area (Å²) < 4.78 is 41.5. The summed E-state index contributed by atoms with van der Waals surface area (Å²) in [6.45, 7) is -0.217. The van der Waals surface area contributed by atoms with Gasteiger partial charge < -0.3 is 40.3 Å². The van der Waals surface area contributed by atoms with Gasteiger partial charge in [0.15, 0.2) is 11.5 Å². The Kier molecular flexibility index (Phi) is 11.4. The van der Waals surface area contributed by atoms with Crippen LogP contribution in [-0.2, 0) is 61.6 Å². The quantitative estimate of drug-likeness (QED) is 0.162. The number of nitrogens with zero attached hydrogens (tertiary/aromatic N) is 5. The number of likely N-dealkylation sites (tertiary alicyclic amines) is 1. The molecule has 3 aliphatic rings. The number of aromatic nitrogens is 3. The number of alkyl halides is 2. The molecule has 3 atom stereocenters. The third-order valence-corrected chi connectivity index (χ3v) is 10.4. The first-order chi connectivity index (χ1) is 26.6. The molecule has 0 spiro atoms. The Bertz CT molecular complexity index is 2060. The highest BCUT2D eigenvalue weighted by molar-refractivity contribution is 6.40. The Balaban J connectivity index is 1.01. The molecule has 19 heteroatoms. The molecule has 1 unspecified atom stereocenters. The Morgan fingerprint density at radius 1 is 1.04 bits per heavy atom. The number of methoxy groups -OCH3 is 2. The maximum atomic E-state index is 14.7. The van der Waals surface area contributed by atoms with Crippen molar-refractivity contribution in [2.75, 3.05) is 27.3 Å². The summed E-state index contributed by atoms with van der Waals surface area (Å²) in [6, 6.07) is 9.38. The molecule has 4 N–H and O–H groups in total. The average Bonchev–Trinajstić information content (AvgIpc) is 3.97. The van der Waals surface area contributed by atoms with Crippen molar-refractivity contribution in [2.45, 2.75) is 76.5 Å². The smallest absolute Gasteiger partial charge is 0.290 e. The first-order valence-corrected chi connectivity index (χ1v) is 17.8. The van der Waals surface area contributed by atoms with E-state index in [-0.39, 0.29) is 31.9 Å². The summed E-state index contributed by atoms with van der Waals surface area (Å²) >= 11 is 0. The van der Waals surface area contributed by atoms with E-state index in [1.807, 2.05) is 18.2 Å². The Morgan fingerprint density at radius 3 is 2.52 bits per heavy atom. The normalized spacial score (nSPS) is 21.0. The van der Waals surface area contributed by atoms with Crippen molar-refractivity contribution in [3.63, 3.8) is 0 Å². The molecular formula is C37H42F2N8O9. The number of nitrogens with one attached hydrogen (secondary N) is 3. The monoisotopic (exact) mass is 780 g/mol. The van der Waals surface area contributed by atoms with E-state index in [1.165, 1.54) is 14.2 Å². The van der Waals surface area contributed by atoms with Gasteiger partial charge in [-0.05, 0) is 47.7 Å². The first-order valence-electron chi connectivity index (χ1n) is 17.8. The number of ether oxygens (including phenoxy) is 2. The highest BCUT2D eigenvalue weighted by atomic mass is 19.3. The largest absolute Gasteiger partial charge is 0.493 e. The summed E-state index contributed by atoms with van der Waals surface area (Å²) in [7, 11) is 2.87. The molecule has 2 fully saturated rings. The van der Waals surface area contributed by atoms with Crippen LogP contribution in [0.15, 0.2) is 42.6 Å². The standard InChI is InChI=1S/C37H42F2N8O9/c1-36(32(51)35(54)40-12-21-7-8-28(55-2)29(9-21)56-3)19-37(38,39)20-47(36)31(50)13-41-34(53)27-10-24(33(52)42-27)11-30(49)45-14-22-5-4-6-23(26(22)17-45)15-46-16-25(18-48)43-44-46/h4-9,16,24,27,48H,10-15,17-20H2,1-3H3,(H,40,54)(H,41,53)(H,42,52)/t24-,27?,36-/m0/s1. The third kappa shape index (κ3) is 8.31. The molecule has 3 aromatic rings. The van der Waals surface area contributed by atoms with Crippen LogP contribution in [0.1, 0.15) is 54.1 Å². The van der Waals surface area contributed by atoms with Gasteiger partial charge in [-0.2, -0.15) is 0 Å². The molecule has 0 radical (unpaired) electrons. The lowest BCUT2D eigenvalue weighted by molar-refractivity contribution is -0.149. The zero-order valence-corrected chi connectivity index (χ0v) is 31.0. The topological polar surface area (TPSA) is 214 Å². The van der Waals surface area contributed by atoms with Crippen LogP contribution in [0.3, 0.4) is 0 Å². The number of carbonyl (C=O) groups excluding carboxylic acids is 6. The van der Waals surface area contributed by atoms with Crippen LogP contribution in [0.25, 0.3) is 0 Å². The molecule has 4 heterocycles. The number of halogens is 2. The molecule has 6 rings (SSSR count). The van der Waals surface area contributed by atoms with Crippen LogP contribution in [-0.4, -0.2) is 110 Å². The average molecular weight is 781 g/mol. The molecule has 0 saturated carbocycles. The number of Topliss-reactive ketones (excluding diaryl/α,β-unsaturated/α-hetero) is 1. The molecule has 5 amide bonds. The molecule has 0 aliphatic carbocycles. The maximum absolute atomic E-state index is 14.7. The van der Waals surface area contributed by atoms with Crippen molar-refractivity contribution in [3.05, 3.63) is 70.5 Å². The molecule has 17 nitrogen and oxygen atoms in total. The van der Waals surface area contributed by atoms with Crippen LogP contribution >= 0.6 is 0 Å². The van der Waals surface area contributed by atoms with Crippen LogP contribution < -0.4 is 25.4 Å². The zero-order valence-electron chi connectivity index (χ0n) is 31.0. The second kappa shape index (κ2) is 16.0. The van der Waals surface area contributed by atoms with Crippen LogP contribution in [0.2, 0.25) is 0 Å². The Hall–Kier alpha value is -5.98. The number of ketones is 1. The van der Waals surface area contributed by atoms with Gasteiger partial charge in [0.1, 0.15) is 17.3 Å². The number of hydrogen-bond donors (Lipinski definition) is 4. The fourth-order valence-electron chi connectivity index (χ4n) is 7.41. The van der Waals surface area contributed by atoms with Gasteiger partial charge in [0, 0.05) is 38.4 Å². The van der Waals surface area contributed by atoms with Crippen molar-refractivity contribution in [3.8, 4) is 11.5 Å². The van der Waals surface area contributed by atoms with Crippen molar-refractivity contribution in [1.82, 2.24) is 40.7 Å². The summed E-state index contributed by atoms with van der Waals surface area (Å²) in [4.78, 5) is 81.0. The second-order valence-electron chi connectivity index (χ2n) is 14.3. The molecule has 2 aromatic carbocycles. The van der Waals surface area contributed by atoms with Gasteiger partial charge in [0.2, 0.25) is 29.4 Å². The van der Waals surface area contributed by atoms with Crippen molar-refractivity contribution in [1.29, 1.82) is 0 Å². The number of aliphatic hydroxyl groups is 1. The molecule has 3 aliphatic heterocycles. The second-order valence-corrected chi connectivity index (χ2v) is 14.3. The molecule has 2 saturated heterocycles. The first kappa shape index (κ1) is 39.7.